The summed E-state index contributed by atoms with van der Waals surface area (Å²) in [6, 6.07) is 0. The van der Waals surface area contributed by atoms with E-state index in [1.807, 2.05) is 0 Å². The number of sulfone groups is 1. The molecule has 3 saturated carbocycles. The van der Waals surface area contributed by atoms with Crippen LogP contribution in [-0.2, 0) is 19.3 Å². The van der Waals surface area contributed by atoms with Crippen molar-refractivity contribution in [3.8, 4) is 0 Å². The zero-order valence-electron chi connectivity index (χ0n) is 21.0. The van der Waals surface area contributed by atoms with Crippen LogP contribution in [0.2, 0.25) is 0 Å². The first-order valence-corrected chi connectivity index (χ1v) is 14.5. The molecule has 3 rings (SSSR count). The van der Waals surface area contributed by atoms with Crippen LogP contribution in [0.5, 0.6) is 0 Å². The quantitative estimate of drug-likeness (QED) is 0.476. The van der Waals surface area contributed by atoms with Crippen LogP contribution in [0.25, 0.3) is 0 Å². The molecule has 0 heterocycles. The Labute approximate surface area is 192 Å². The molecule has 0 amide bonds. The molecular formula is C26H48O4S. The molecule has 4 nitrogen and oxygen atoms in total. The first-order chi connectivity index (χ1) is 14.3. The summed E-state index contributed by atoms with van der Waals surface area (Å²) in [6.07, 6.45) is 12.4. The lowest BCUT2D eigenvalue weighted by Gasteiger charge is -2.39. The molecule has 0 aromatic rings. The summed E-state index contributed by atoms with van der Waals surface area (Å²) < 4.78 is 39.1. The number of hydrogen-bond donors (Lipinski definition) is 0. The van der Waals surface area contributed by atoms with Gasteiger partial charge >= 0.3 is 0 Å². The Morgan fingerprint density at radius 3 is 1.35 bits per heavy atom. The fourth-order valence-electron chi connectivity index (χ4n) is 6.08. The van der Waals surface area contributed by atoms with Gasteiger partial charge < -0.3 is 9.47 Å². The second-order valence-electron chi connectivity index (χ2n) is 12.6. The van der Waals surface area contributed by atoms with Crippen molar-refractivity contribution in [2.75, 3.05) is 0 Å². The maximum Gasteiger partial charge on any atom is 0.156 e. The first kappa shape index (κ1) is 25.5. The van der Waals surface area contributed by atoms with Crippen molar-refractivity contribution < 1.29 is 17.9 Å². The van der Waals surface area contributed by atoms with Gasteiger partial charge in [0.25, 0.3) is 0 Å². The van der Waals surface area contributed by atoms with E-state index in [4.69, 9.17) is 9.47 Å². The summed E-state index contributed by atoms with van der Waals surface area (Å²) in [5, 5.41) is -0.323. The van der Waals surface area contributed by atoms with Crippen molar-refractivity contribution in [3.63, 3.8) is 0 Å². The molecule has 0 bridgehead atoms. The standard InChI is InChI=1S/C26H48O4S/c1-25(2,3)19-7-9-20(10-8-19)29-21-11-15-23(16-12-21)31(27,28)24-17-13-22(14-18-24)30-26(4,5)6/h19-24H,7-18H2,1-6H3. The average molecular weight is 457 g/mol. The molecule has 0 aromatic heterocycles. The molecule has 31 heavy (non-hydrogen) atoms. The van der Waals surface area contributed by atoms with Crippen LogP contribution in [0.3, 0.4) is 0 Å². The van der Waals surface area contributed by atoms with Crippen LogP contribution in [0.1, 0.15) is 119 Å². The maximum atomic E-state index is 13.3. The van der Waals surface area contributed by atoms with E-state index in [-0.39, 0.29) is 28.3 Å². The van der Waals surface area contributed by atoms with Gasteiger partial charge in [-0.3, -0.25) is 0 Å². The molecule has 3 fully saturated rings. The Morgan fingerprint density at radius 2 is 0.968 bits per heavy atom. The topological polar surface area (TPSA) is 52.6 Å². The monoisotopic (exact) mass is 456 g/mol. The van der Waals surface area contributed by atoms with E-state index in [0.717, 1.165) is 57.3 Å². The molecule has 0 unspecified atom stereocenters. The van der Waals surface area contributed by atoms with Gasteiger partial charge in [0, 0.05) is 0 Å². The molecule has 0 spiro atoms. The van der Waals surface area contributed by atoms with E-state index in [0.29, 0.717) is 11.5 Å². The van der Waals surface area contributed by atoms with Gasteiger partial charge in [-0.05, 0) is 109 Å². The van der Waals surface area contributed by atoms with Gasteiger partial charge in [0.1, 0.15) is 0 Å². The smallest absolute Gasteiger partial charge is 0.156 e. The van der Waals surface area contributed by atoms with Crippen LogP contribution >= 0.6 is 0 Å². The summed E-state index contributed by atoms with van der Waals surface area (Å²) in [5.41, 5.74) is 0.246. The van der Waals surface area contributed by atoms with Gasteiger partial charge in [-0.15, -0.1) is 0 Å². The van der Waals surface area contributed by atoms with Crippen molar-refractivity contribution in [2.24, 2.45) is 11.3 Å². The van der Waals surface area contributed by atoms with E-state index in [2.05, 4.69) is 41.5 Å². The lowest BCUT2D eigenvalue weighted by Crippen LogP contribution is -2.41. The molecule has 0 aromatic carbocycles. The van der Waals surface area contributed by atoms with E-state index < -0.39 is 9.84 Å². The van der Waals surface area contributed by atoms with E-state index in [1.165, 1.54) is 25.7 Å². The highest BCUT2D eigenvalue weighted by molar-refractivity contribution is 7.92. The van der Waals surface area contributed by atoms with Gasteiger partial charge in [0.15, 0.2) is 9.84 Å². The van der Waals surface area contributed by atoms with Crippen molar-refractivity contribution in [2.45, 2.75) is 153 Å². The van der Waals surface area contributed by atoms with Crippen LogP contribution in [-0.4, -0.2) is 42.8 Å². The highest BCUT2D eigenvalue weighted by Gasteiger charge is 2.40. The molecule has 3 aliphatic rings. The van der Waals surface area contributed by atoms with Crippen molar-refractivity contribution in [1.82, 2.24) is 0 Å². The normalized spacial score (nSPS) is 36.3. The minimum absolute atomic E-state index is 0.152. The third-order valence-electron chi connectivity index (χ3n) is 7.98. The summed E-state index contributed by atoms with van der Waals surface area (Å²) >= 11 is 0. The number of hydrogen-bond acceptors (Lipinski definition) is 4. The summed E-state index contributed by atoms with van der Waals surface area (Å²) in [6.45, 7) is 13.3. The predicted octanol–water partition coefficient (Wildman–Crippen LogP) is 6.46. The van der Waals surface area contributed by atoms with Crippen molar-refractivity contribution >= 4 is 9.84 Å². The van der Waals surface area contributed by atoms with Gasteiger partial charge in [-0.2, -0.15) is 0 Å². The molecule has 0 saturated heterocycles. The SMILES string of the molecule is CC(C)(C)OC1CCC(S(=O)(=O)C2CCC(OC3CCC(C(C)(C)C)CC3)CC2)CC1. The van der Waals surface area contributed by atoms with Crippen LogP contribution in [0, 0.1) is 11.3 Å². The Bertz CT molecular complexity index is 649. The fraction of sp³-hybridized carbons (Fsp3) is 1.00. The first-order valence-electron chi connectivity index (χ1n) is 12.9. The lowest BCUT2D eigenvalue weighted by atomic mass is 9.72. The maximum absolute atomic E-state index is 13.3. The summed E-state index contributed by atoms with van der Waals surface area (Å²) in [7, 11) is -3.04. The third-order valence-corrected chi connectivity index (χ3v) is 10.8. The Hall–Kier alpha value is -0.130. The van der Waals surface area contributed by atoms with Crippen molar-refractivity contribution in [3.05, 3.63) is 0 Å². The Balaban J connectivity index is 1.41. The van der Waals surface area contributed by atoms with Crippen LogP contribution in [0.4, 0.5) is 0 Å². The molecule has 0 radical (unpaired) electrons. The Kier molecular flexibility index (Phi) is 8.23. The van der Waals surface area contributed by atoms with E-state index in [9.17, 15) is 8.42 Å². The second-order valence-corrected chi connectivity index (χ2v) is 15.1. The van der Waals surface area contributed by atoms with E-state index in [1.54, 1.807) is 0 Å². The molecule has 0 aliphatic heterocycles. The third kappa shape index (κ3) is 7.17. The highest BCUT2D eigenvalue weighted by Crippen LogP contribution is 2.40. The van der Waals surface area contributed by atoms with Gasteiger partial charge in [-0.25, -0.2) is 8.42 Å². The molecule has 5 heteroatoms. The minimum Gasteiger partial charge on any atom is -0.375 e. The zero-order chi connectivity index (χ0) is 22.9. The lowest BCUT2D eigenvalue weighted by molar-refractivity contribution is -0.0729. The molecule has 0 N–H and O–H groups in total. The van der Waals surface area contributed by atoms with Crippen LogP contribution in [0.15, 0.2) is 0 Å². The van der Waals surface area contributed by atoms with Gasteiger partial charge in [0.2, 0.25) is 0 Å². The van der Waals surface area contributed by atoms with Crippen LogP contribution < -0.4 is 0 Å². The second kappa shape index (κ2) is 10.0. The molecule has 3 aliphatic carbocycles. The number of ether oxygens (including phenoxy) is 2. The predicted molar refractivity (Wildman–Crippen MR) is 128 cm³/mol. The average Bonchev–Trinajstić information content (AvgIpc) is 2.67. The molecule has 0 atom stereocenters. The summed E-state index contributed by atoms with van der Waals surface area (Å²) in [4.78, 5) is 0. The minimum atomic E-state index is -3.04. The molecule has 182 valence electrons. The van der Waals surface area contributed by atoms with Gasteiger partial charge in [-0.1, -0.05) is 20.8 Å². The van der Waals surface area contributed by atoms with E-state index >= 15 is 0 Å². The molecular weight excluding hydrogens is 408 g/mol. The van der Waals surface area contributed by atoms with Crippen molar-refractivity contribution in [1.29, 1.82) is 0 Å². The van der Waals surface area contributed by atoms with Gasteiger partial charge in [0.05, 0.1) is 34.4 Å². The summed E-state index contributed by atoms with van der Waals surface area (Å²) in [5.74, 6) is 0.803. The highest BCUT2D eigenvalue weighted by atomic mass is 32.2. The number of rotatable bonds is 5. The zero-order valence-corrected chi connectivity index (χ0v) is 21.8. The Morgan fingerprint density at radius 1 is 0.581 bits per heavy atom. The largest absolute Gasteiger partial charge is 0.375 e. The fourth-order valence-corrected chi connectivity index (χ4v) is 8.49.